The molecular weight excluding hydrogens is 252 g/mol. The highest BCUT2D eigenvalue weighted by Gasteiger charge is 2.20. The number of hydrogen-bond acceptors (Lipinski definition) is 3. The van der Waals surface area contributed by atoms with E-state index in [4.69, 9.17) is 4.74 Å². The summed E-state index contributed by atoms with van der Waals surface area (Å²) < 4.78 is 5.20. The molecule has 2 aromatic carbocycles. The van der Waals surface area contributed by atoms with Gasteiger partial charge in [-0.05, 0) is 32.0 Å². The number of carbonyl (C=O) groups is 2. The summed E-state index contributed by atoms with van der Waals surface area (Å²) in [6.45, 7) is 3.50. The summed E-state index contributed by atoms with van der Waals surface area (Å²) in [6, 6.07) is 15.9. The summed E-state index contributed by atoms with van der Waals surface area (Å²) in [4.78, 5) is 24.1. The lowest BCUT2D eigenvalue weighted by Gasteiger charge is -2.12. The predicted molar refractivity (Wildman–Crippen MR) is 76.8 cm³/mol. The zero-order chi connectivity index (χ0) is 14.5. The van der Waals surface area contributed by atoms with Gasteiger partial charge in [0.25, 0.3) is 0 Å². The van der Waals surface area contributed by atoms with E-state index in [9.17, 15) is 9.59 Å². The number of aryl methyl sites for hydroxylation is 1. The molecule has 0 radical (unpaired) electrons. The van der Waals surface area contributed by atoms with E-state index in [2.05, 4.69) is 0 Å². The third-order valence-corrected chi connectivity index (χ3v) is 2.97. The molecule has 20 heavy (non-hydrogen) atoms. The van der Waals surface area contributed by atoms with Crippen LogP contribution in [0.25, 0.3) is 0 Å². The lowest BCUT2D eigenvalue weighted by Crippen LogP contribution is -2.24. The SMILES string of the molecule is Cc1cccc(C(=O)C(C)OC(=O)c2ccccc2)c1. The Balaban J connectivity index is 2.07. The van der Waals surface area contributed by atoms with Crippen LogP contribution in [0.1, 0.15) is 33.2 Å². The van der Waals surface area contributed by atoms with Crippen molar-refractivity contribution in [2.75, 3.05) is 0 Å². The Kier molecular flexibility index (Phi) is 4.31. The van der Waals surface area contributed by atoms with Gasteiger partial charge in [0.15, 0.2) is 6.10 Å². The van der Waals surface area contributed by atoms with Gasteiger partial charge in [0.05, 0.1) is 5.56 Å². The lowest BCUT2D eigenvalue weighted by molar-refractivity contribution is 0.0319. The second kappa shape index (κ2) is 6.15. The van der Waals surface area contributed by atoms with E-state index in [-0.39, 0.29) is 5.78 Å². The van der Waals surface area contributed by atoms with Crippen LogP contribution in [0.3, 0.4) is 0 Å². The third kappa shape index (κ3) is 3.32. The van der Waals surface area contributed by atoms with Gasteiger partial charge in [-0.15, -0.1) is 0 Å². The Morgan fingerprint density at radius 1 is 0.950 bits per heavy atom. The van der Waals surface area contributed by atoms with Crippen LogP contribution >= 0.6 is 0 Å². The van der Waals surface area contributed by atoms with Crippen LogP contribution in [0, 0.1) is 6.92 Å². The van der Waals surface area contributed by atoms with E-state index in [1.165, 1.54) is 0 Å². The minimum Gasteiger partial charge on any atom is -0.451 e. The molecule has 0 bridgehead atoms. The predicted octanol–water partition coefficient (Wildman–Crippen LogP) is 3.42. The van der Waals surface area contributed by atoms with Gasteiger partial charge >= 0.3 is 5.97 Å². The van der Waals surface area contributed by atoms with Crippen LogP contribution in [0.15, 0.2) is 54.6 Å². The van der Waals surface area contributed by atoms with Gasteiger partial charge in [-0.25, -0.2) is 4.79 Å². The van der Waals surface area contributed by atoms with E-state index in [1.807, 2.05) is 25.1 Å². The van der Waals surface area contributed by atoms with Gasteiger partial charge in [0.1, 0.15) is 0 Å². The van der Waals surface area contributed by atoms with Crippen molar-refractivity contribution < 1.29 is 14.3 Å². The normalized spacial score (nSPS) is 11.7. The Morgan fingerprint density at radius 2 is 1.60 bits per heavy atom. The number of ether oxygens (including phenoxy) is 1. The van der Waals surface area contributed by atoms with E-state index in [0.29, 0.717) is 11.1 Å². The van der Waals surface area contributed by atoms with E-state index in [1.54, 1.807) is 43.3 Å². The highest BCUT2D eigenvalue weighted by atomic mass is 16.5. The van der Waals surface area contributed by atoms with Crippen molar-refractivity contribution >= 4 is 11.8 Å². The summed E-state index contributed by atoms with van der Waals surface area (Å²) >= 11 is 0. The summed E-state index contributed by atoms with van der Waals surface area (Å²) in [5, 5.41) is 0. The van der Waals surface area contributed by atoms with E-state index in [0.717, 1.165) is 5.56 Å². The molecule has 3 heteroatoms. The zero-order valence-electron chi connectivity index (χ0n) is 11.5. The van der Waals surface area contributed by atoms with Crippen LogP contribution in [0.4, 0.5) is 0 Å². The average molecular weight is 268 g/mol. The summed E-state index contributed by atoms with van der Waals surface area (Å²) in [6.07, 6.45) is -0.801. The third-order valence-electron chi connectivity index (χ3n) is 2.97. The highest BCUT2D eigenvalue weighted by molar-refractivity contribution is 6.01. The van der Waals surface area contributed by atoms with Gasteiger partial charge in [-0.2, -0.15) is 0 Å². The fourth-order valence-corrected chi connectivity index (χ4v) is 1.89. The van der Waals surface area contributed by atoms with Crippen molar-refractivity contribution in [3.8, 4) is 0 Å². The molecule has 0 N–H and O–H groups in total. The van der Waals surface area contributed by atoms with Gasteiger partial charge in [0, 0.05) is 5.56 Å². The molecule has 2 aromatic rings. The molecule has 0 fully saturated rings. The molecule has 1 atom stereocenters. The minimum absolute atomic E-state index is 0.196. The Labute approximate surface area is 118 Å². The molecule has 3 nitrogen and oxygen atoms in total. The molecule has 1 unspecified atom stereocenters. The maximum atomic E-state index is 12.2. The number of esters is 1. The van der Waals surface area contributed by atoms with Crippen LogP contribution in [0.5, 0.6) is 0 Å². The molecule has 0 aliphatic heterocycles. The topological polar surface area (TPSA) is 43.4 Å². The molecular formula is C17H16O3. The molecule has 0 aliphatic rings. The first-order valence-electron chi connectivity index (χ1n) is 6.45. The molecule has 0 amide bonds. The fraction of sp³-hybridized carbons (Fsp3) is 0.176. The van der Waals surface area contributed by atoms with Crippen LogP contribution in [-0.2, 0) is 4.74 Å². The fourth-order valence-electron chi connectivity index (χ4n) is 1.89. The molecule has 0 heterocycles. The molecule has 0 saturated carbocycles. The van der Waals surface area contributed by atoms with E-state index >= 15 is 0 Å². The number of hydrogen-bond donors (Lipinski definition) is 0. The molecule has 2 rings (SSSR count). The van der Waals surface area contributed by atoms with Crippen molar-refractivity contribution in [2.24, 2.45) is 0 Å². The molecule has 102 valence electrons. The first kappa shape index (κ1) is 14.0. The summed E-state index contributed by atoms with van der Waals surface area (Å²) in [5.41, 5.74) is 1.99. The van der Waals surface area contributed by atoms with Crippen LogP contribution in [0.2, 0.25) is 0 Å². The van der Waals surface area contributed by atoms with E-state index < -0.39 is 12.1 Å². The number of Topliss-reactive ketones (excluding diaryl/α,β-unsaturated/α-hetero) is 1. The minimum atomic E-state index is -0.801. The lowest BCUT2D eigenvalue weighted by atomic mass is 10.0. The van der Waals surface area contributed by atoms with Gasteiger partial charge in [0.2, 0.25) is 5.78 Å². The zero-order valence-corrected chi connectivity index (χ0v) is 11.5. The Morgan fingerprint density at radius 3 is 2.25 bits per heavy atom. The smallest absolute Gasteiger partial charge is 0.338 e. The van der Waals surface area contributed by atoms with Crippen molar-refractivity contribution in [2.45, 2.75) is 20.0 Å². The van der Waals surface area contributed by atoms with Crippen molar-refractivity contribution in [1.29, 1.82) is 0 Å². The molecule has 0 aromatic heterocycles. The molecule has 0 saturated heterocycles. The maximum Gasteiger partial charge on any atom is 0.338 e. The average Bonchev–Trinajstić information content (AvgIpc) is 2.47. The van der Waals surface area contributed by atoms with Gasteiger partial charge in [-0.1, -0.05) is 42.0 Å². The van der Waals surface area contributed by atoms with Gasteiger partial charge < -0.3 is 4.74 Å². The number of rotatable bonds is 4. The maximum absolute atomic E-state index is 12.2. The summed E-state index contributed by atoms with van der Waals surface area (Å²) in [5.74, 6) is -0.683. The largest absolute Gasteiger partial charge is 0.451 e. The second-order valence-electron chi connectivity index (χ2n) is 4.65. The van der Waals surface area contributed by atoms with Gasteiger partial charge in [-0.3, -0.25) is 4.79 Å². The quantitative estimate of drug-likeness (QED) is 0.630. The Bertz CT molecular complexity index is 617. The second-order valence-corrected chi connectivity index (χ2v) is 4.65. The number of carbonyl (C=O) groups excluding carboxylic acids is 2. The first-order valence-corrected chi connectivity index (χ1v) is 6.45. The first-order chi connectivity index (χ1) is 9.58. The van der Waals surface area contributed by atoms with Crippen LogP contribution < -0.4 is 0 Å². The number of ketones is 1. The monoisotopic (exact) mass is 268 g/mol. The standard InChI is InChI=1S/C17H16O3/c1-12-7-6-10-15(11-12)16(18)13(2)20-17(19)14-8-4-3-5-9-14/h3-11,13H,1-2H3. The van der Waals surface area contributed by atoms with Crippen molar-refractivity contribution in [3.63, 3.8) is 0 Å². The molecule has 0 spiro atoms. The van der Waals surface area contributed by atoms with Crippen molar-refractivity contribution in [1.82, 2.24) is 0 Å². The van der Waals surface area contributed by atoms with Crippen LogP contribution in [-0.4, -0.2) is 17.9 Å². The number of benzene rings is 2. The Hall–Kier alpha value is -2.42. The summed E-state index contributed by atoms with van der Waals surface area (Å²) in [7, 11) is 0. The molecule has 0 aliphatic carbocycles. The van der Waals surface area contributed by atoms with Crippen molar-refractivity contribution in [3.05, 3.63) is 71.3 Å². The highest BCUT2D eigenvalue weighted by Crippen LogP contribution is 2.11.